The zero-order valence-corrected chi connectivity index (χ0v) is 24.1. The molecule has 2 saturated heterocycles. The highest BCUT2D eigenvalue weighted by molar-refractivity contribution is 5.94. The summed E-state index contributed by atoms with van der Waals surface area (Å²) in [4.78, 5) is 29.1. The zero-order valence-electron chi connectivity index (χ0n) is 24.1. The summed E-state index contributed by atoms with van der Waals surface area (Å²) >= 11 is 0. The van der Waals surface area contributed by atoms with E-state index in [-0.39, 0.29) is 25.6 Å². The first-order valence-electron chi connectivity index (χ1n) is 14.2. The van der Waals surface area contributed by atoms with Crippen LogP contribution < -0.4 is 14.5 Å². The number of aromatic nitrogens is 4. The van der Waals surface area contributed by atoms with Gasteiger partial charge in [0.15, 0.2) is 5.83 Å². The van der Waals surface area contributed by atoms with Crippen LogP contribution in [0.3, 0.4) is 0 Å². The number of rotatable bonds is 6. The zero-order chi connectivity index (χ0) is 29.8. The van der Waals surface area contributed by atoms with Gasteiger partial charge in [-0.25, -0.2) is 13.2 Å². The van der Waals surface area contributed by atoms with Crippen LogP contribution in [-0.2, 0) is 17.8 Å². The maximum Gasteiger partial charge on any atom is 0.318 e. The molecule has 2 fully saturated rings. The molecule has 1 aromatic carbocycles. The molecule has 1 amide bonds. The Kier molecular flexibility index (Phi) is 7.24. The van der Waals surface area contributed by atoms with E-state index in [1.807, 2.05) is 6.20 Å². The number of likely N-dealkylation sites (N-methyl/N-ethyl adjacent to an activating group) is 1. The smallest absolute Gasteiger partial charge is 0.318 e. The molecule has 1 atom stereocenters. The first-order valence-corrected chi connectivity index (χ1v) is 14.2. The van der Waals surface area contributed by atoms with Crippen LogP contribution >= 0.6 is 0 Å². The molecular weight excluding hydrogens is 549 g/mol. The minimum Gasteiger partial charge on any atom is -0.462 e. The van der Waals surface area contributed by atoms with Crippen LogP contribution in [0.5, 0.6) is 6.01 Å². The third-order valence-electron chi connectivity index (χ3n) is 8.71. The van der Waals surface area contributed by atoms with Crippen molar-refractivity contribution in [1.82, 2.24) is 30.0 Å². The maximum absolute atomic E-state index is 14.0. The molecular formula is C29H35F3N8O2. The summed E-state index contributed by atoms with van der Waals surface area (Å²) in [6, 6.07) is 1.78. The number of nitrogens with zero attached hydrogens (tertiary/aromatic N) is 7. The number of likely N-dealkylation sites (tertiary alicyclic amines) is 1. The van der Waals surface area contributed by atoms with Gasteiger partial charge in [-0.2, -0.15) is 15.1 Å². The summed E-state index contributed by atoms with van der Waals surface area (Å²) in [5, 5.41) is 8.37. The van der Waals surface area contributed by atoms with Gasteiger partial charge in [0.2, 0.25) is 0 Å². The van der Waals surface area contributed by atoms with Gasteiger partial charge in [0, 0.05) is 56.1 Å². The molecule has 42 heavy (non-hydrogen) atoms. The number of nitrogens with one attached hydrogen (secondary N) is 1. The van der Waals surface area contributed by atoms with Gasteiger partial charge in [-0.05, 0) is 44.5 Å². The fraction of sp³-hybridized carbons (Fsp3) is 0.517. The van der Waals surface area contributed by atoms with E-state index in [1.54, 1.807) is 11.9 Å². The van der Waals surface area contributed by atoms with Crippen LogP contribution in [0.4, 0.5) is 24.7 Å². The minimum absolute atomic E-state index is 0.0432. The number of anilines is 2. The lowest BCUT2D eigenvalue weighted by Crippen LogP contribution is -2.49. The van der Waals surface area contributed by atoms with Gasteiger partial charge in [-0.1, -0.05) is 6.58 Å². The fourth-order valence-corrected chi connectivity index (χ4v) is 6.33. The van der Waals surface area contributed by atoms with E-state index in [4.69, 9.17) is 14.7 Å². The average molecular weight is 585 g/mol. The van der Waals surface area contributed by atoms with Gasteiger partial charge < -0.3 is 19.4 Å². The molecule has 2 aromatic heterocycles. The Labute approximate surface area is 242 Å². The van der Waals surface area contributed by atoms with E-state index < -0.39 is 23.7 Å². The number of amides is 1. The lowest BCUT2D eigenvalue weighted by atomic mass is 9.99. The van der Waals surface area contributed by atoms with Crippen LogP contribution in [0.1, 0.15) is 28.8 Å². The van der Waals surface area contributed by atoms with Crippen molar-refractivity contribution in [1.29, 1.82) is 0 Å². The summed E-state index contributed by atoms with van der Waals surface area (Å²) in [5.41, 5.74) is 6.18. The number of fused-ring (bicyclic) bond motifs is 2. The molecule has 1 N–H and O–H groups in total. The molecule has 3 aliphatic heterocycles. The number of carbonyl (C=O) groups excluding carboxylic acids is 1. The van der Waals surface area contributed by atoms with Gasteiger partial charge in [0.1, 0.15) is 12.4 Å². The first-order chi connectivity index (χ1) is 20.0. The van der Waals surface area contributed by atoms with Crippen molar-refractivity contribution < 1.29 is 22.7 Å². The molecule has 0 spiro atoms. The van der Waals surface area contributed by atoms with Gasteiger partial charge in [-0.3, -0.25) is 14.8 Å². The molecule has 0 bridgehead atoms. The number of hydrogen-bond donors (Lipinski definition) is 1. The second-order valence-electron chi connectivity index (χ2n) is 11.5. The van der Waals surface area contributed by atoms with Crippen LogP contribution in [0.2, 0.25) is 0 Å². The van der Waals surface area contributed by atoms with Crippen molar-refractivity contribution in [2.75, 3.05) is 62.7 Å². The van der Waals surface area contributed by atoms with Crippen molar-refractivity contribution >= 4 is 28.3 Å². The topological polar surface area (TPSA) is 93.7 Å². The summed E-state index contributed by atoms with van der Waals surface area (Å²) in [7, 11) is 1.67. The highest BCUT2D eigenvalue weighted by Crippen LogP contribution is 2.37. The van der Waals surface area contributed by atoms with Crippen LogP contribution in [0.15, 0.2) is 24.7 Å². The summed E-state index contributed by atoms with van der Waals surface area (Å²) in [5.74, 6) is -3.72. The first kappa shape index (κ1) is 28.3. The second-order valence-corrected chi connectivity index (χ2v) is 11.5. The highest BCUT2D eigenvalue weighted by Gasteiger charge is 2.43. The molecule has 0 radical (unpaired) electrons. The predicted molar refractivity (Wildman–Crippen MR) is 153 cm³/mol. The Morgan fingerprint density at radius 2 is 1.93 bits per heavy atom. The van der Waals surface area contributed by atoms with Gasteiger partial charge in [0.05, 0.1) is 36.2 Å². The Balaban J connectivity index is 1.31. The van der Waals surface area contributed by atoms with Gasteiger partial charge >= 0.3 is 6.01 Å². The van der Waals surface area contributed by atoms with Crippen molar-refractivity contribution in [3.8, 4) is 6.01 Å². The van der Waals surface area contributed by atoms with Crippen LogP contribution in [0.25, 0.3) is 10.9 Å². The normalized spacial score (nSPS) is 20.7. The van der Waals surface area contributed by atoms with Gasteiger partial charge in [0.25, 0.3) is 11.8 Å². The molecule has 3 aromatic rings. The van der Waals surface area contributed by atoms with E-state index in [0.717, 1.165) is 40.0 Å². The standard InChI is InChI=1S/C29H35F3N8O2/c1-17-11-23-22(13-33-36-23)25(18(17)2)40-6-5-21-24(14-40)34-28(42-15-20-12-29(31,32)16-37(20)4)35-26(21)38-7-9-39(10-8-38)27(41)19(3)30/h11,13,20H,3,5-10,12,14-16H2,1-2,4H3,(H,33,36). The third-order valence-corrected chi connectivity index (χ3v) is 8.71. The van der Waals surface area contributed by atoms with Crippen molar-refractivity contribution in [3.05, 3.63) is 47.1 Å². The third kappa shape index (κ3) is 5.25. The number of piperazine rings is 1. The molecule has 224 valence electrons. The van der Waals surface area contributed by atoms with Crippen molar-refractivity contribution in [2.45, 2.75) is 45.2 Å². The number of alkyl halides is 2. The lowest BCUT2D eigenvalue weighted by Gasteiger charge is -2.38. The number of aryl methyl sites for hydroxylation is 1. The predicted octanol–water partition coefficient (Wildman–Crippen LogP) is 3.38. The number of ether oxygens (including phenoxy) is 1. The highest BCUT2D eigenvalue weighted by atomic mass is 19.3. The number of benzene rings is 1. The molecule has 13 heteroatoms. The van der Waals surface area contributed by atoms with Crippen molar-refractivity contribution in [2.24, 2.45) is 0 Å². The molecule has 0 aliphatic carbocycles. The molecule has 10 nitrogen and oxygen atoms in total. The largest absolute Gasteiger partial charge is 0.462 e. The second kappa shape index (κ2) is 10.8. The Morgan fingerprint density at radius 1 is 1.17 bits per heavy atom. The summed E-state index contributed by atoms with van der Waals surface area (Å²) in [6.07, 6.45) is 2.24. The van der Waals surface area contributed by atoms with E-state index in [1.165, 1.54) is 10.5 Å². The Morgan fingerprint density at radius 3 is 2.62 bits per heavy atom. The quantitative estimate of drug-likeness (QED) is 0.441. The molecule has 1 unspecified atom stereocenters. The lowest BCUT2D eigenvalue weighted by molar-refractivity contribution is -0.128. The number of halogens is 3. The van der Waals surface area contributed by atoms with Crippen LogP contribution in [-0.4, -0.2) is 101 Å². The van der Waals surface area contributed by atoms with Crippen LogP contribution in [0, 0.1) is 13.8 Å². The number of hydrogen-bond acceptors (Lipinski definition) is 8. The van der Waals surface area contributed by atoms with Crippen molar-refractivity contribution in [3.63, 3.8) is 0 Å². The number of H-pyrrole nitrogens is 1. The fourth-order valence-electron chi connectivity index (χ4n) is 6.33. The summed E-state index contributed by atoms with van der Waals surface area (Å²) < 4.78 is 47.5. The van der Waals surface area contributed by atoms with E-state index in [2.05, 4.69) is 46.5 Å². The van der Waals surface area contributed by atoms with E-state index >= 15 is 0 Å². The SMILES string of the molecule is C=C(F)C(=O)N1CCN(c2nc(OCC3CC(F)(F)CN3C)nc3c2CCN(c2c(C)c(C)cc4[nH]ncc24)C3)CC1. The van der Waals surface area contributed by atoms with E-state index in [0.29, 0.717) is 45.0 Å². The minimum atomic E-state index is -2.75. The average Bonchev–Trinajstić information content (AvgIpc) is 3.52. The molecule has 5 heterocycles. The number of carbonyl (C=O) groups is 1. The summed E-state index contributed by atoms with van der Waals surface area (Å²) in [6.45, 7) is 9.85. The number of aromatic amines is 1. The molecule has 3 aliphatic rings. The Hall–Kier alpha value is -3.87. The van der Waals surface area contributed by atoms with Gasteiger partial charge in [-0.15, -0.1) is 0 Å². The Bertz CT molecular complexity index is 1530. The molecule has 0 saturated carbocycles. The van der Waals surface area contributed by atoms with E-state index in [9.17, 15) is 18.0 Å². The molecule has 6 rings (SSSR count). The monoisotopic (exact) mass is 584 g/mol. The maximum atomic E-state index is 14.0.